The van der Waals surface area contributed by atoms with Gasteiger partial charge in [0, 0.05) is 6.61 Å². The van der Waals surface area contributed by atoms with Crippen LogP contribution in [0.3, 0.4) is 0 Å². The highest BCUT2D eigenvalue weighted by atomic mass is 35.5. The Morgan fingerprint density at radius 2 is 2.10 bits per heavy atom. The van der Waals surface area contributed by atoms with Crippen LogP contribution in [0.1, 0.15) is 44.8 Å². The summed E-state index contributed by atoms with van der Waals surface area (Å²) in [4.78, 5) is 12.9. The van der Waals surface area contributed by atoms with E-state index in [0.29, 0.717) is 17.0 Å². The van der Waals surface area contributed by atoms with Gasteiger partial charge in [-0.25, -0.2) is 4.98 Å². The van der Waals surface area contributed by atoms with E-state index < -0.39 is 0 Å². The van der Waals surface area contributed by atoms with Gasteiger partial charge in [-0.05, 0) is 50.1 Å². The molecule has 2 aromatic heterocycles. The fourth-order valence-corrected chi connectivity index (χ4v) is 2.90. The number of ether oxygens (including phenoxy) is 2. The predicted molar refractivity (Wildman–Crippen MR) is 77.4 cm³/mol. The molecule has 0 N–H and O–H groups in total. The molecule has 0 aromatic carbocycles. The van der Waals surface area contributed by atoms with Gasteiger partial charge in [0.2, 0.25) is 11.2 Å². The summed E-state index contributed by atoms with van der Waals surface area (Å²) in [6.45, 7) is 0.772. The first-order valence-electron chi connectivity index (χ1n) is 7.49. The Morgan fingerprint density at radius 3 is 2.81 bits per heavy atom. The van der Waals surface area contributed by atoms with Crippen molar-refractivity contribution in [3.8, 4) is 5.88 Å². The molecule has 0 radical (unpaired) electrons. The van der Waals surface area contributed by atoms with E-state index in [1.165, 1.54) is 6.42 Å². The molecule has 1 unspecified atom stereocenters. The number of rotatable bonds is 3. The van der Waals surface area contributed by atoms with Crippen molar-refractivity contribution >= 4 is 22.8 Å². The van der Waals surface area contributed by atoms with Crippen molar-refractivity contribution in [3.63, 3.8) is 0 Å². The van der Waals surface area contributed by atoms with Gasteiger partial charge in [0.05, 0.1) is 6.33 Å². The van der Waals surface area contributed by atoms with Crippen LogP contribution in [0.2, 0.25) is 5.28 Å². The predicted octanol–water partition coefficient (Wildman–Crippen LogP) is 3.11. The highest BCUT2D eigenvalue weighted by molar-refractivity contribution is 6.28. The second-order valence-corrected chi connectivity index (χ2v) is 5.95. The van der Waals surface area contributed by atoms with Gasteiger partial charge in [0.15, 0.2) is 11.2 Å². The molecule has 1 aliphatic carbocycles. The maximum atomic E-state index is 6.05. The summed E-state index contributed by atoms with van der Waals surface area (Å²) in [6, 6.07) is 0. The Balaban J connectivity index is 1.72. The number of nitrogens with zero attached hydrogens (tertiary/aromatic N) is 4. The van der Waals surface area contributed by atoms with Gasteiger partial charge in [0.25, 0.3) is 0 Å². The maximum absolute atomic E-state index is 6.05. The summed E-state index contributed by atoms with van der Waals surface area (Å²) in [5, 5.41) is 0.189. The minimum atomic E-state index is -0.0220. The van der Waals surface area contributed by atoms with E-state index in [1.807, 2.05) is 4.57 Å². The average molecular weight is 309 g/mol. The summed E-state index contributed by atoms with van der Waals surface area (Å²) in [6.07, 6.45) is 8.51. The standard InChI is InChI=1S/C14H17ClN4O2/c15-14-17-12-11(13(18-14)21-9-4-3-5-9)16-8-19(12)10-6-1-2-7-20-10/h8-10H,1-7H2. The van der Waals surface area contributed by atoms with E-state index in [2.05, 4.69) is 15.0 Å². The molecule has 1 atom stereocenters. The fourth-order valence-electron chi connectivity index (χ4n) is 2.75. The molecule has 2 aromatic rings. The zero-order valence-electron chi connectivity index (χ0n) is 11.7. The molecular weight excluding hydrogens is 292 g/mol. The Kier molecular flexibility index (Phi) is 3.43. The SMILES string of the molecule is Clc1nc(OC2CCC2)c2ncn(C3CCCCO3)c2n1. The lowest BCUT2D eigenvalue weighted by atomic mass is 9.96. The zero-order chi connectivity index (χ0) is 14.2. The summed E-state index contributed by atoms with van der Waals surface area (Å²) in [5.74, 6) is 0.490. The number of aromatic nitrogens is 4. The van der Waals surface area contributed by atoms with Crippen LogP contribution in [-0.4, -0.2) is 32.2 Å². The van der Waals surface area contributed by atoms with Gasteiger partial charge in [-0.15, -0.1) is 0 Å². The lowest BCUT2D eigenvalue weighted by Gasteiger charge is -2.26. The summed E-state index contributed by atoms with van der Waals surface area (Å²) in [7, 11) is 0. The van der Waals surface area contributed by atoms with Gasteiger partial charge in [-0.1, -0.05) is 0 Å². The maximum Gasteiger partial charge on any atom is 0.247 e. The number of halogens is 1. The smallest absolute Gasteiger partial charge is 0.247 e. The van der Waals surface area contributed by atoms with Gasteiger partial charge in [-0.3, -0.25) is 4.57 Å². The third-order valence-corrected chi connectivity index (χ3v) is 4.33. The van der Waals surface area contributed by atoms with Crippen LogP contribution in [0.5, 0.6) is 5.88 Å². The first-order valence-corrected chi connectivity index (χ1v) is 7.87. The molecule has 1 saturated heterocycles. The average Bonchev–Trinajstić information content (AvgIpc) is 2.87. The zero-order valence-corrected chi connectivity index (χ0v) is 12.4. The van der Waals surface area contributed by atoms with Crippen LogP contribution in [0, 0.1) is 0 Å². The molecular formula is C14H17ClN4O2. The number of imidazole rings is 1. The summed E-state index contributed by atoms with van der Waals surface area (Å²) < 4.78 is 13.6. The number of hydrogen-bond donors (Lipinski definition) is 0. The van der Waals surface area contributed by atoms with E-state index in [1.54, 1.807) is 6.33 Å². The van der Waals surface area contributed by atoms with Crippen molar-refractivity contribution in [3.05, 3.63) is 11.6 Å². The van der Waals surface area contributed by atoms with E-state index in [9.17, 15) is 0 Å². The van der Waals surface area contributed by atoms with Crippen molar-refractivity contribution in [1.29, 1.82) is 0 Å². The van der Waals surface area contributed by atoms with Crippen molar-refractivity contribution in [2.75, 3.05) is 6.61 Å². The van der Waals surface area contributed by atoms with Crippen molar-refractivity contribution in [2.45, 2.75) is 50.9 Å². The molecule has 6 nitrogen and oxygen atoms in total. The van der Waals surface area contributed by atoms with Gasteiger partial charge >= 0.3 is 0 Å². The lowest BCUT2D eigenvalue weighted by Crippen LogP contribution is -2.25. The van der Waals surface area contributed by atoms with Crippen LogP contribution in [0.25, 0.3) is 11.2 Å². The van der Waals surface area contributed by atoms with Gasteiger partial charge < -0.3 is 9.47 Å². The molecule has 21 heavy (non-hydrogen) atoms. The molecule has 1 aliphatic heterocycles. The highest BCUT2D eigenvalue weighted by Crippen LogP contribution is 2.31. The largest absolute Gasteiger partial charge is 0.473 e. The quantitative estimate of drug-likeness (QED) is 0.815. The van der Waals surface area contributed by atoms with E-state index >= 15 is 0 Å². The third kappa shape index (κ3) is 2.46. The van der Waals surface area contributed by atoms with Crippen molar-refractivity contribution in [2.24, 2.45) is 0 Å². The number of hydrogen-bond acceptors (Lipinski definition) is 5. The monoisotopic (exact) mass is 308 g/mol. The molecule has 0 bridgehead atoms. The minimum Gasteiger partial charge on any atom is -0.473 e. The molecule has 2 fully saturated rings. The van der Waals surface area contributed by atoms with Crippen LogP contribution in [-0.2, 0) is 4.74 Å². The van der Waals surface area contributed by atoms with Crippen LogP contribution in [0.15, 0.2) is 6.33 Å². The second-order valence-electron chi connectivity index (χ2n) is 5.61. The normalized spacial score (nSPS) is 23.2. The lowest BCUT2D eigenvalue weighted by molar-refractivity contribution is -0.0298. The van der Waals surface area contributed by atoms with Gasteiger partial charge in [-0.2, -0.15) is 9.97 Å². The molecule has 2 aliphatic rings. The molecule has 3 heterocycles. The van der Waals surface area contributed by atoms with Crippen molar-refractivity contribution < 1.29 is 9.47 Å². The second kappa shape index (κ2) is 5.42. The molecule has 4 rings (SSSR count). The Labute approximate surface area is 127 Å². The van der Waals surface area contributed by atoms with Gasteiger partial charge in [0.1, 0.15) is 12.3 Å². The minimum absolute atomic E-state index is 0.0220. The molecule has 0 amide bonds. The topological polar surface area (TPSA) is 62.1 Å². The fraction of sp³-hybridized carbons (Fsp3) is 0.643. The Hall–Kier alpha value is -1.40. The van der Waals surface area contributed by atoms with Crippen LogP contribution in [0.4, 0.5) is 0 Å². The highest BCUT2D eigenvalue weighted by Gasteiger charge is 2.25. The summed E-state index contributed by atoms with van der Waals surface area (Å²) >= 11 is 6.05. The van der Waals surface area contributed by atoms with E-state index in [0.717, 1.165) is 38.7 Å². The first kappa shape index (κ1) is 13.3. The first-order chi connectivity index (χ1) is 10.3. The third-order valence-electron chi connectivity index (χ3n) is 4.16. The van der Waals surface area contributed by atoms with Crippen LogP contribution < -0.4 is 4.74 Å². The van der Waals surface area contributed by atoms with E-state index in [4.69, 9.17) is 21.1 Å². The molecule has 112 valence electrons. The molecule has 7 heteroatoms. The molecule has 0 spiro atoms. The van der Waals surface area contributed by atoms with Crippen molar-refractivity contribution in [1.82, 2.24) is 19.5 Å². The van der Waals surface area contributed by atoms with Crippen LogP contribution >= 0.6 is 11.6 Å². The Morgan fingerprint density at radius 1 is 1.19 bits per heavy atom. The Bertz CT molecular complexity index is 650. The summed E-state index contributed by atoms with van der Waals surface area (Å²) in [5.41, 5.74) is 1.36. The molecule has 1 saturated carbocycles. The van der Waals surface area contributed by atoms with E-state index in [-0.39, 0.29) is 17.6 Å². The number of fused-ring (bicyclic) bond motifs is 1.